The first kappa shape index (κ1) is 17.1. The summed E-state index contributed by atoms with van der Waals surface area (Å²) in [5, 5.41) is 2.13. The minimum Gasteiger partial charge on any atom is -0.334 e. The topological polar surface area (TPSA) is 54.5 Å². The molecule has 1 amide bonds. The van der Waals surface area contributed by atoms with Crippen molar-refractivity contribution in [1.29, 1.82) is 0 Å². The van der Waals surface area contributed by atoms with E-state index >= 15 is 0 Å². The molecule has 0 spiro atoms. The van der Waals surface area contributed by atoms with E-state index in [4.69, 9.17) is 0 Å². The van der Waals surface area contributed by atoms with Crippen LogP contribution in [-0.4, -0.2) is 42.5 Å². The molecule has 2 aliphatic heterocycles. The first-order valence-corrected chi connectivity index (χ1v) is 11.9. The summed E-state index contributed by atoms with van der Waals surface area (Å²) in [6.07, 6.45) is 1.58. The summed E-state index contributed by atoms with van der Waals surface area (Å²) in [6.45, 7) is 1.40. The van der Waals surface area contributed by atoms with Crippen LogP contribution < -0.4 is 0 Å². The van der Waals surface area contributed by atoms with Crippen molar-refractivity contribution in [3.05, 3.63) is 51.7 Å². The van der Waals surface area contributed by atoms with Crippen LogP contribution in [0.1, 0.15) is 27.2 Å². The maximum Gasteiger partial charge on any atom is 0.255 e. The molecule has 25 heavy (non-hydrogen) atoms. The van der Waals surface area contributed by atoms with Crippen molar-refractivity contribution in [2.45, 2.75) is 29.5 Å². The lowest BCUT2D eigenvalue weighted by Gasteiger charge is -2.28. The van der Waals surface area contributed by atoms with E-state index in [9.17, 15) is 13.2 Å². The molecule has 2 aromatic rings. The lowest BCUT2D eigenvalue weighted by atomic mass is 10.1. The van der Waals surface area contributed by atoms with Crippen molar-refractivity contribution in [3.8, 4) is 0 Å². The number of fused-ring (bicyclic) bond motifs is 1. The van der Waals surface area contributed by atoms with Gasteiger partial charge in [-0.15, -0.1) is 23.1 Å². The van der Waals surface area contributed by atoms with E-state index in [1.807, 2.05) is 29.2 Å². The van der Waals surface area contributed by atoms with Gasteiger partial charge in [-0.2, -0.15) is 0 Å². The van der Waals surface area contributed by atoms with Gasteiger partial charge >= 0.3 is 0 Å². The summed E-state index contributed by atoms with van der Waals surface area (Å²) in [5.74, 6) is 0.511. The van der Waals surface area contributed by atoms with E-state index in [0.717, 1.165) is 17.9 Å². The predicted octanol–water partition coefficient (Wildman–Crippen LogP) is 3.23. The Hall–Kier alpha value is -1.31. The van der Waals surface area contributed by atoms with Crippen molar-refractivity contribution < 1.29 is 13.2 Å². The summed E-state index contributed by atoms with van der Waals surface area (Å²) in [7, 11) is -2.91. The van der Waals surface area contributed by atoms with Crippen molar-refractivity contribution >= 4 is 38.8 Å². The van der Waals surface area contributed by atoms with Crippen LogP contribution in [0.5, 0.6) is 0 Å². The molecule has 0 radical (unpaired) electrons. The number of rotatable bonds is 3. The number of thioether (sulfide) groups is 1. The Morgan fingerprint density at radius 2 is 2.08 bits per heavy atom. The molecule has 0 bridgehead atoms. The Labute approximate surface area is 156 Å². The number of nitrogens with zero attached hydrogens (tertiary/aromatic N) is 1. The lowest BCUT2D eigenvalue weighted by Crippen LogP contribution is -2.35. The molecule has 1 fully saturated rings. The predicted molar refractivity (Wildman–Crippen MR) is 102 cm³/mol. The third-order valence-corrected chi connectivity index (χ3v) is 9.04. The number of amides is 1. The smallest absolute Gasteiger partial charge is 0.255 e. The molecule has 4 rings (SSSR count). The number of thiophene rings is 1. The third-order valence-electron chi connectivity index (χ3n) is 4.70. The zero-order valence-corrected chi connectivity index (χ0v) is 16.1. The SMILES string of the molecule is O=C(c1ccccc1S[C@@H]1CCS(=O)(=O)C1)N1CCc2sccc2C1. The fourth-order valence-corrected chi connectivity index (χ4v) is 7.88. The highest BCUT2D eigenvalue weighted by Gasteiger charge is 2.30. The molecule has 0 saturated carbocycles. The zero-order valence-electron chi connectivity index (χ0n) is 13.7. The Balaban J connectivity index is 1.54. The second-order valence-corrected chi connectivity index (χ2v) is 11.1. The van der Waals surface area contributed by atoms with Gasteiger partial charge in [0.25, 0.3) is 5.91 Å². The van der Waals surface area contributed by atoms with E-state index in [1.165, 1.54) is 22.2 Å². The normalized spacial score (nSPS) is 21.9. The summed E-state index contributed by atoms with van der Waals surface area (Å²) in [4.78, 5) is 17.2. The monoisotopic (exact) mass is 393 g/mol. The highest BCUT2D eigenvalue weighted by Crippen LogP contribution is 2.34. The lowest BCUT2D eigenvalue weighted by molar-refractivity contribution is 0.0732. The first-order chi connectivity index (χ1) is 12.0. The Bertz CT molecular complexity index is 904. The van der Waals surface area contributed by atoms with Crippen LogP contribution in [0.3, 0.4) is 0 Å². The van der Waals surface area contributed by atoms with Crippen LogP contribution >= 0.6 is 23.1 Å². The number of hydrogen-bond donors (Lipinski definition) is 0. The van der Waals surface area contributed by atoms with Gasteiger partial charge < -0.3 is 4.90 Å². The third kappa shape index (κ3) is 3.64. The van der Waals surface area contributed by atoms with E-state index in [-0.39, 0.29) is 22.7 Å². The van der Waals surface area contributed by atoms with Crippen LogP contribution in [0.25, 0.3) is 0 Å². The largest absolute Gasteiger partial charge is 0.334 e. The van der Waals surface area contributed by atoms with Gasteiger partial charge in [-0.3, -0.25) is 4.79 Å². The molecule has 2 aliphatic rings. The highest BCUT2D eigenvalue weighted by atomic mass is 32.2. The zero-order chi connectivity index (χ0) is 17.4. The van der Waals surface area contributed by atoms with E-state index in [0.29, 0.717) is 18.5 Å². The van der Waals surface area contributed by atoms with Gasteiger partial charge in [-0.1, -0.05) is 12.1 Å². The second-order valence-electron chi connectivity index (χ2n) is 6.48. The number of sulfone groups is 1. The molecule has 0 aliphatic carbocycles. The van der Waals surface area contributed by atoms with Crippen LogP contribution in [0.4, 0.5) is 0 Å². The Kier molecular flexibility index (Phi) is 4.64. The minimum atomic E-state index is -2.91. The van der Waals surface area contributed by atoms with Gasteiger partial charge in [0.1, 0.15) is 0 Å². The summed E-state index contributed by atoms with van der Waals surface area (Å²) < 4.78 is 23.4. The summed E-state index contributed by atoms with van der Waals surface area (Å²) >= 11 is 3.30. The average Bonchev–Trinajstić information content (AvgIpc) is 3.20. The molecular formula is C18H19NO3S3. The van der Waals surface area contributed by atoms with Crippen LogP contribution in [0.15, 0.2) is 40.6 Å². The first-order valence-electron chi connectivity index (χ1n) is 8.32. The van der Waals surface area contributed by atoms with Crippen LogP contribution in [0, 0.1) is 0 Å². The molecule has 4 nitrogen and oxygen atoms in total. The number of benzene rings is 1. The standard InChI is InChI=1S/C18H19NO3S3/c20-18(19-8-5-16-13(11-19)6-9-23-16)15-3-1-2-4-17(15)24-14-7-10-25(21,22)12-14/h1-4,6,9,14H,5,7-8,10-12H2/t14-/m1/s1. The Morgan fingerprint density at radius 1 is 1.24 bits per heavy atom. The van der Waals surface area contributed by atoms with Gasteiger partial charge in [0.15, 0.2) is 9.84 Å². The van der Waals surface area contributed by atoms with Crippen LogP contribution in [0.2, 0.25) is 0 Å². The quantitative estimate of drug-likeness (QED) is 0.803. The summed E-state index contributed by atoms with van der Waals surface area (Å²) in [5.41, 5.74) is 1.94. The molecule has 7 heteroatoms. The number of carbonyl (C=O) groups excluding carboxylic acids is 1. The molecule has 1 saturated heterocycles. The maximum atomic E-state index is 13.1. The molecule has 1 aromatic heterocycles. The molecule has 3 heterocycles. The van der Waals surface area contributed by atoms with Crippen molar-refractivity contribution in [1.82, 2.24) is 4.90 Å². The fourth-order valence-electron chi connectivity index (χ4n) is 3.37. The van der Waals surface area contributed by atoms with Gasteiger partial charge in [-0.25, -0.2) is 8.42 Å². The summed E-state index contributed by atoms with van der Waals surface area (Å²) in [6, 6.07) is 9.68. The second kappa shape index (κ2) is 6.78. The van der Waals surface area contributed by atoms with Crippen LogP contribution in [-0.2, 0) is 22.8 Å². The van der Waals surface area contributed by atoms with Crippen molar-refractivity contribution in [3.63, 3.8) is 0 Å². The van der Waals surface area contributed by atoms with Gasteiger partial charge in [-0.05, 0) is 42.0 Å². The van der Waals surface area contributed by atoms with Gasteiger partial charge in [0.05, 0.1) is 17.1 Å². The maximum absolute atomic E-state index is 13.1. The minimum absolute atomic E-state index is 0.0424. The molecular weight excluding hydrogens is 374 g/mol. The molecule has 1 atom stereocenters. The molecule has 0 N–H and O–H groups in total. The number of hydrogen-bond acceptors (Lipinski definition) is 5. The van der Waals surface area contributed by atoms with Gasteiger partial charge in [0, 0.05) is 28.1 Å². The van der Waals surface area contributed by atoms with Crippen molar-refractivity contribution in [2.75, 3.05) is 18.1 Å². The molecule has 0 unspecified atom stereocenters. The number of carbonyl (C=O) groups is 1. The van der Waals surface area contributed by atoms with E-state index in [1.54, 1.807) is 11.3 Å². The Morgan fingerprint density at radius 3 is 2.88 bits per heavy atom. The average molecular weight is 394 g/mol. The van der Waals surface area contributed by atoms with Crippen molar-refractivity contribution in [2.24, 2.45) is 0 Å². The van der Waals surface area contributed by atoms with E-state index in [2.05, 4.69) is 11.4 Å². The van der Waals surface area contributed by atoms with Gasteiger partial charge in [0.2, 0.25) is 0 Å². The molecule has 1 aromatic carbocycles. The molecule has 132 valence electrons. The van der Waals surface area contributed by atoms with E-state index < -0.39 is 9.84 Å². The highest BCUT2D eigenvalue weighted by molar-refractivity contribution is 8.02. The fraction of sp³-hybridized carbons (Fsp3) is 0.389.